The third kappa shape index (κ3) is 2.57. The maximum absolute atomic E-state index is 12.2. The van der Waals surface area contributed by atoms with Crippen molar-refractivity contribution in [3.05, 3.63) is 26.6 Å². The van der Waals surface area contributed by atoms with Crippen molar-refractivity contribution >= 4 is 33.3 Å². The van der Waals surface area contributed by atoms with Gasteiger partial charge < -0.3 is 10.7 Å². The average molecular weight is 295 g/mol. The number of H-pyrrole nitrogens is 1. The fraction of sp³-hybridized carbons (Fsp3) is 0.538. The minimum absolute atomic E-state index is 0.0350. The van der Waals surface area contributed by atoms with E-state index in [9.17, 15) is 4.79 Å². The number of rotatable bonds is 4. The Bertz CT molecular complexity index is 647. The van der Waals surface area contributed by atoms with Gasteiger partial charge >= 0.3 is 0 Å². The van der Waals surface area contributed by atoms with Gasteiger partial charge in [-0.2, -0.15) is 11.8 Å². The Morgan fingerprint density at radius 1 is 1.37 bits per heavy atom. The van der Waals surface area contributed by atoms with Crippen LogP contribution in [0.2, 0.25) is 0 Å². The molecular weight excluding hydrogens is 278 g/mol. The zero-order valence-electron chi connectivity index (χ0n) is 10.7. The van der Waals surface area contributed by atoms with Gasteiger partial charge in [0.25, 0.3) is 5.56 Å². The number of aromatic nitrogens is 2. The number of thiophene rings is 1. The van der Waals surface area contributed by atoms with Gasteiger partial charge in [-0.25, -0.2) is 4.98 Å². The van der Waals surface area contributed by atoms with Crippen molar-refractivity contribution in [2.75, 3.05) is 12.3 Å². The number of fused-ring (bicyclic) bond motifs is 3. The van der Waals surface area contributed by atoms with Crippen molar-refractivity contribution in [3.8, 4) is 0 Å². The second kappa shape index (κ2) is 5.64. The van der Waals surface area contributed by atoms with E-state index in [1.165, 1.54) is 23.3 Å². The largest absolute Gasteiger partial charge is 0.330 e. The molecule has 0 radical (unpaired) electrons. The lowest BCUT2D eigenvalue weighted by Crippen LogP contribution is -2.13. The third-order valence-corrected chi connectivity index (χ3v) is 5.56. The first-order chi connectivity index (χ1) is 9.29. The second-order valence-electron chi connectivity index (χ2n) is 4.74. The fourth-order valence-electron chi connectivity index (χ4n) is 2.53. The highest BCUT2D eigenvalue weighted by molar-refractivity contribution is 7.98. The Morgan fingerprint density at radius 2 is 2.21 bits per heavy atom. The molecule has 0 aromatic carbocycles. The number of thioether (sulfide) groups is 1. The van der Waals surface area contributed by atoms with Crippen LogP contribution in [0.3, 0.4) is 0 Å². The first-order valence-corrected chi connectivity index (χ1v) is 8.58. The summed E-state index contributed by atoms with van der Waals surface area (Å²) in [7, 11) is 0. The van der Waals surface area contributed by atoms with E-state index in [1.807, 2.05) is 0 Å². The molecule has 102 valence electrons. The minimum atomic E-state index is 0.0350. The first-order valence-electron chi connectivity index (χ1n) is 6.61. The lowest BCUT2D eigenvalue weighted by atomic mass is 9.97. The Kier molecular flexibility index (Phi) is 3.91. The third-order valence-electron chi connectivity index (χ3n) is 3.38. The van der Waals surface area contributed by atoms with E-state index in [4.69, 9.17) is 5.73 Å². The Balaban J connectivity index is 1.99. The smallest absolute Gasteiger partial charge is 0.259 e. The van der Waals surface area contributed by atoms with E-state index >= 15 is 0 Å². The van der Waals surface area contributed by atoms with Crippen molar-refractivity contribution in [2.45, 2.75) is 31.4 Å². The topological polar surface area (TPSA) is 71.8 Å². The zero-order chi connectivity index (χ0) is 13.2. The van der Waals surface area contributed by atoms with Gasteiger partial charge in [0.05, 0.1) is 11.1 Å². The molecule has 2 aromatic rings. The molecule has 0 spiro atoms. The molecule has 0 saturated heterocycles. The number of hydrogen-bond donors (Lipinski definition) is 2. The summed E-state index contributed by atoms with van der Waals surface area (Å²) < 4.78 is 0. The summed E-state index contributed by atoms with van der Waals surface area (Å²) in [6.07, 6.45) is 4.55. The van der Waals surface area contributed by atoms with E-state index in [1.54, 1.807) is 23.1 Å². The minimum Gasteiger partial charge on any atom is -0.330 e. The number of nitrogens with one attached hydrogen (secondary N) is 1. The fourth-order valence-corrected chi connectivity index (χ4v) is 4.45. The number of aryl methyl sites for hydroxylation is 2. The van der Waals surface area contributed by atoms with Crippen LogP contribution in [0.1, 0.15) is 29.1 Å². The highest BCUT2D eigenvalue weighted by Gasteiger charge is 2.19. The van der Waals surface area contributed by atoms with Crippen molar-refractivity contribution in [1.82, 2.24) is 9.97 Å². The highest BCUT2D eigenvalue weighted by atomic mass is 32.2. The number of nitrogens with two attached hydrogens (primary N) is 1. The molecule has 6 heteroatoms. The van der Waals surface area contributed by atoms with Crippen LogP contribution in [-0.2, 0) is 18.6 Å². The monoisotopic (exact) mass is 295 g/mol. The van der Waals surface area contributed by atoms with Crippen molar-refractivity contribution < 1.29 is 0 Å². The molecular formula is C13H17N3OS2. The number of aromatic amines is 1. The summed E-state index contributed by atoms with van der Waals surface area (Å²) in [6, 6.07) is 0. The van der Waals surface area contributed by atoms with Crippen LogP contribution in [0.4, 0.5) is 0 Å². The summed E-state index contributed by atoms with van der Waals surface area (Å²) >= 11 is 3.41. The van der Waals surface area contributed by atoms with Gasteiger partial charge in [0.2, 0.25) is 0 Å². The molecule has 1 aliphatic carbocycles. The van der Waals surface area contributed by atoms with E-state index < -0.39 is 0 Å². The Labute approximate surface area is 119 Å². The maximum atomic E-state index is 12.2. The lowest BCUT2D eigenvalue weighted by molar-refractivity contribution is 0.700. The predicted octanol–water partition coefficient (Wildman–Crippen LogP) is 2.06. The van der Waals surface area contributed by atoms with Gasteiger partial charge in [-0.3, -0.25) is 4.79 Å². The number of nitrogens with zero attached hydrogens (tertiary/aromatic N) is 1. The summed E-state index contributed by atoms with van der Waals surface area (Å²) in [5.41, 5.74) is 6.75. The first kappa shape index (κ1) is 13.1. The zero-order valence-corrected chi connectivity index (χ0v) is 12.3. The van der Waals surface area contributed by atoms with Crippen molar-refractivity contribution in [1.29, 1.82) is 0 Å². The summed E-state index contributed by atoms with van der Waals surface area (Å²) in [5.74, 6) is 2.39. The van der Waals surface area contributed by atoms with E-state index in [2.05, 4.69) is 9.97 Å². The lowest BCUT2D eigenvalue weighted by Gasteiger charge is -2.09. The van der Waals surface area contributed by atoms with Gasteiger partial charge in [-0.1, -0.05) is 0 Å². The molecule has 0 aliphatic heterocycles. The SMILES string of the molecule is NCCSCc1nc2sc3c(c2c(=O)[nH]1)CCCC3. The standard InChI is InChI=1S/C13H17N3OS2/c14-5-6-18-7-10-15-12(17)11-8-3-1-2-4-9(8)19-13(11)16-10/h1-7,14H2,(H,15,16,17). The average Bonchev–Trinajstić information content (AvgIpc) is 2.77. The Hall–Kier alpha value is -0.850. The van der Waals surface area contributed by atoms with Crippen LogP contribution >= 0.6 is 23.1 Å². The molecule has 4 nitrogen and oxygen atoms in total. The van der Waals surface area contributed by atoms with Crippen LogP contribution in [0.15, 0.2) is 4.79 Å². The quantitative estimate of drug-likeness (QED) is 0.847. The van der Waals surface area contributed by atoms with E-state index in [0.29, 0.717) is 6.54 Å². The molecule has 1 aliphatic rings. The van der Waals surface area contributed by atoms with Gasteiger partial charge in [0.1, 0.15) is 10.7 Å². The summed E-state index contributed by atoms with van der Waals surface area (Å²) in [6.45, 7) is 0.657. The predicted molar refractivity (Wildman–Crippen MR) is 82.1 cm³/mol. The molecule has 3 rings (SSSR count). The molecule has 0 saturated carbocycles. The molecule has 3 N–H and O–H groups in total. The van der Waals surface area contributed by atoms with Crippen LogP contribution in [0.5, 0.6) is 0 Å². The van der Waals surface area contributed by atoms with Crippen molar-refractivity contribution in [3.63, 3.8) is 0 Å². The Morgan fingerprint density at radius 3 is 3.05 bits per heavy atom. The molecule has 2 heterocycles. The molecule has 0 unspecified atom stereocenters. The highest BCUT2D eigenvalue weighted by Crippen LogP contribution is 2.33. The molecule has 0 bridgehead atoms. The van der Waals surface area contributed by atoms with Crippen LogP contribution < -0.4 is 11.3 Å². The van der Waals surface area contributed by atoms with Crippen LogP contribution in [-0.4, -0.2) is 22.3 Å². The molecule has 0 amide bonds. The van der Waals surface area contributed by atoms with E-state index in [0.717, 1.165) is 40.4 Å². The van der Waals surface area contributed by atoms with Gasteiger partial charge in [0.15, 0.2) is 0 Å². The maximum Gasteiger partial charge on any atom is 0.259 e. The van der Waals surface area contributed by atoms with Gasteiger partial charge in [0, 0.05) is 17.2 Å². The normalized spacial score (nSPS) is 14.8. The van der Waals surface area contributed by atoms with Gasteiger partial charge in [-0.05, 0) is 31.2 Å². The molecule has 0 atom stereocenters. The van der Waals surface area contributed by atoms with Crippen LogP contribution in [0, 0.1) is 0 Å². The van der Waals surface area contributed by atoms with Gasteiger partial charge in [-0.15, -0.1) is 11.3 Å². The number of hydrogen-bond acceptors (Lipinski definition) is 5. The van der Waals surface area contributed by atoms with Crippen molar-refractivity contribution in [2.24, 2.45) is 5.73 Å². The van der Waals surface area contributed by atoms with E-state index in [-0.39, 0.29) is 5.56 Å². The summed E-state index contributed by atoms with van der Waals surface area (Å²) in [5, 5.41) is 0.840. The molecule has 0 fully saturated rings. The molecule has 2 aromatic heterocycles. The second-order valence-corrected chi connectivity index (χ2v) is 6.93. The summed E-state index contributed by atoms with van der Waals surface area (Å²) in [4.78, 5) is 22.1. The molecule has 19 heavy (non-hydrogen) atoms. The van der Waals surface area contributed by atoms with Crippen LogP contribution in [0.25, 0.3) is 10.2 Å².